The average molecular weight is 386 g/mol. The van der Waals surface area contributed by atoms with Crippen LogP contribution in [0.2, 0.25) is 0 Å². The Morgan fingerprint density at radius 2 is 1.63 bits per heavy atom. The molecule has 27 heavy (non-hydrogen) atoms. The van der Waals surface area contributed by atoms with Crippen LogP contribution in [0, 0.1) is 0 Å². The molecule has 1 N–H and O–H groups in total. The molecular weight excluding hydrogens is 372 g/mol. The van der Waals surface area contributed by atoms with Gasteiger partial charge in [0.2, 0.25) is 0 Å². The Bertz CT molecular complexity index is 798. The number of carbonyl (C=O) groups is 1. The van der Waals surface area contributed by atoms with Gasteiger partial charge in [0.05, 0.1) is 13.3 Å². The maximum Gasteiger partial charge on any atom is 0.387 e. The summed E-state index contributed by atoms with van der Waals surface area (Å²) in [5.74, 6) is -0.788. The predicted octanol–water partition coefficient (Wildman–Crippen LogP) is 3.66. The van der Waals surface area contributed by atoms with Crippen molar-refractivity contribution in [2.75, 3.05) is 7.11 Å². The zero-order chi connectivity index (χ0) is 19.8. The van der Waals surface area contributed by atoms with Crippen LogP contribution >= 0.6 is 0 Å². The van der Waals surface area contributed by atoms with Crippen molar-refractivity contribution in [3.8, 4) is 17.2 Å². The number of carbonyl (C=O) groups excluding carboxylic acids is 1. The summed E-state index contributed by atoms with van der Waals surface area (Å²) < 4.78 is 62.8. The Hall–Kier alpha value is -3.30. The first-order valence-corrected chi connectivity index (χ1v) is 7.40. The average Bonchev–Trinajstić information content (AvgIpc) is 2.62. The van der Waals surface area contributed by atoms with E-state index in [1.54, 1.807) is 12.1 Å². The molecular formula is C17H14F4N2O4. The number of halogens is 4. The van der Waals surface area contributed by atoms with Gasteiger partial charge in [0, 0.05) is 17.2 Å². The largest absolute Gasteiger partial charge is 0.497 e. The molecule has 2 rings (SSSR count). The normalized spacial score (nSPS) is 11.1. The van der Waals surface area contributed by atoms with Crippen molar-refractivity contribution in [2.45, 2.75) is 13.2 Å². The molecule has 0 aliphatic rings. The molecule has 10 heteroatoms. The summed E-state index contributed by atoms with van der Waals surface area (Å²) in [5.41, 5.74) is 2.52. The fourth-order valence-corrected chi connectivity index (χ4v) is 1.96. The van der Waals surface area contributed by atoms with Crippen molar-refractivity contribution < 1.29 is 36.6 Å². The lowest BCUT2D eigenvalue weighted by Gasteiger charge is -2.10. The van der Waals surface area contributed by atoms with Gasteiger partial charge in [-0.1, -0.05) is 0 Å². The number of rotatable bonds is 8. The highest BCUT2D eigenvalue weighted by Crippen LogP contribution is 2.26. The number of alkyl halides is 4. The topological polar surface area (TPSA) is 69.2 Å². The number of nitrogens with one attached hydrogen (secondary N) is 1. The van der Waals surface area contributed by atoms with Gasteiger partial charge in [0.15, 0.2) is 0 Å². The number of hydrogen-bond acceptors (Lipinski definition) is 5. The molecule has 0 unspecified atom stereocenters. The Morgan fingerprint density at radius 3 is 2.22 bits per heavy atom. The van der Waals surface area contributed by atoms with Crippen molar-refractivity contribution in [3.63, 3.8) is 0 Å². The molecule has 0 atom stereocenters. The third kappa shape index (κ3) is 6.17. The molecule has 0 radical (unpaired) electrons. The first-order valence-electron chi connectivity index (χ1n) is 7.40. The van der Waals surface area contributed by atoms with Crippen LogP contribution in [0.1, 0.15) is 15.9 Å². The maximum atomic E-state index is 12.5. The standard InChI is InChI=1S/C17H14F4N2O4/c1-25-12-5-2-10(3-6-12)15(24)23-22-9-11-4-7-13(26-16(18)19)8-14(11)27-17(20)21/h2-9,16-17H,1H3,(H,23,24)/b22-9-. The van der Waals surface area contributed by atoms with Gasteiger partial charge in [-0.05, 0) is 36.4 Å². The molecule has 0 fully saturated rings. The fourth-order valence-electron chi connectivity index (χ4n) is 1.96. The molecule has 1 amide bonds. The van der Waals surface area contributed by atoms with E-state index in [1.165, 1.54) is 25.3 Å². The van der Waals surface area contributed by atoms with Gasteiger partial charge >= 0.3 is 13.2 Å². The van der Waals surface area contributed by atoms with E-state index in [9.17, 15) is 22.4 Å². The van der Waals surface area contributed by atoms with Gasteiger partial charge in [-0.3, -0.25) is 4.79 Å². The summed E-state index contributed by atoms with van der Waals surface area (Å²) in [6.07, 6.45) is 1.03. The van der Waals surface area contributed by atoms with Crippen LogP contribution in [-0.4, -0.2) is 32.5 Å². The van der Waals surface area contributed by atoms with Crippen molar-refractivity contribution in [1.29, 1.82) is 0 Å². The second-order valence-corrected chi connectivity index (χ2v) is 4.88. The maximum absolute atomic E-state index is 12.5. The Balaban J connectivity index is 2.10. The van der Waals surface area contributed by atoms with Crippen LogP contribution in [-0.2, 0) is 0 Å². The van der Waals surface area contributed by atoms with E-state index in [2.05, 4.69) is 20.0 Å². The minimum atomic E-state index is -3.19. The lowest BCUT2D eigenvalue weighted by molar-refractivity contribution is -0.0543. The third-order valence-electron chi connectivity index (χ3n) is 3.15. The zero-order valence-corrected chi connectivity index (χ0v) is 13.9. The Kier molecular flexibility index (Phi) is 6.98. The molecule has 0 aliphatic carbocycles. The van der Waals surface area contributed by atoms with Gasteiger partial charge in [-0.25, -0.2) is 5.43 Å². The molecule has 2 aromatic carbocycles. The molecule has 0 aromatic heterocycles. The number of hydrogen-bond donors (Lipinski definition) is 1. The van der Waals surface area contributed by atoms with Crippen LogP contribution in [0.15, 0.2) is 47.6 Å². The number of hydrazone groups is 1. The van der Waals surface area contributed by atoms with Crippen molar-refractivity contribution in [3.05, 3.63) is 53.6 Å². The van der Waals surface area contributed by atoms with E-state index in [0.717, 1.165) is 18.3 Å². The summed E-state index contributed by atoms with van der Waals surface area (Å²) in [7, 11) is 1.48. The second-order valence-electron chi connectivity index (χ2n) is 4.88. The Morgan fingerprint density at radius 1 is 1.00 bits per heavy atom. The highest BCUT2D eigenvalue weighted by molar-refractivity contribution is 5.95. The summed E-state index contributed by atoms with van der Waals surface area (Å²) in [4.78, 5) is 12.0. The van der Waals surface area contributed by atoms with Gasteiger partial charge in [-0.2, -0.15) is 22.7 Å². The van der Waals surface area contributed by atoms with Gasteiger partial charge in [0.1, 0.15) is 17.2 Å². The molecule has 0 bridgehead atoms. The van der Waals surface area contributed by atoms with Gasteiger partial charge < -0.3 is 14.2 Å². The second kappa shape index (κ2) is 9.41. The van der Waals surface area contributed by atoms with E-state index in [0.29, 0.717) is 5.75 Å². The zero-order valence-electron chi connectivity index (χ0n) is 13.9. The first kappa shape index (κ1) is 20.0. The van der Waals surface area contributed by atoms with E-state index < -0.39 is 24.9 Å². The lowest BCUT2D eigenvalue weighted by Crippen LogP contribution is -2.17. The highest BCUT2D eigenvalue weighted by atomic mass is 19.3. The minimum absolute atomic E-state index is 0.0203. The molecule has 0 heterocycles. The Labute approximate surface area is 151 Å². The molecule has 0 aliphatic heterocycles. The summed E-state index contributed by atoms with van der Waals surface area (Å²) >= 11 is 0. The quantitative estimate of drug-likeness (QED) is 0.427. The SMILES string of the molecule is COc1ccc(C(=O)N/N=C\c2ccc(OC(F)F)cc2OC(F)F)cc1. The summed E-state index contributed by atoms with van der Waals surface area (Å²) in [6, 6.07) is 9.33. The minimum Gasteiger partial charge on any atom is -0.497 e. The predicted molar refractivity (Wildman–Crippen MR) is 87.8 cm³/mol. The number of nitrogens with zero attached hydrogens (tertiary/aromatic N) is 1. The molecule has 2 aromatic rings. The van der Waals surface area contributed by atoms with E-state index in [4.69, 9.17) is 4.74 Å². The smallest absolute Gasteiger partial charge is 0.387 e. The fraction of sp³-hybridized carbons (Fsp3) is 0.176. The monoisotopic (exact) mass is 386 g/mol. The van der Waals surface area contributed by atoms with E-state index >= 15 is 0 Å². The van der Waals surface area contributed by atoms with E-state index in [-0.39, 0.29) is 16.9 Å². The third-order valence-corrected chi connectivity index (χ3v) is 3.15. The number of amides is 1. The van der Waals surface area contributed by atoms with Crippen LogP contribution < -0.4 is 19.6 Å². The van der Waals surface area contributed by atoms with Gasteiger partial charge in [0.25, 0.3) is 5.91 Å². The summed E-state index contributed by atoms with van der Waals surface area (Å²) in [6.45, 7) is -6.31. The van der Waals surface area contributed by atoms with Crippen LogP contribution in [0.5, 0.6) is 17.2 Å². The first-order chi connectivity index (χ1) is 12.9. The molecule has 0 saturated carbocycles. The summed E-state index contributed by atoms with van der Waals surface area (Å²) in [5, 5.41) is 3.65. The van der Waals surface area contributed by atoms with E-state index in [1.807, 2.05) is 0 Å². The van der Waals surface area contributed by atoms with Crippen LogP contribution in [0.3, 0.4) is 0 Å². The molecule has 0 saturated heterocycles. The number of ether oxygens (including phenoxy) is 3. The molecule has 6 nitrogen and oxygen atoms in total. The number of benzene rings is 2. The van der Waals surface area contributed by atoms with Crippen molar-refractivity contribution in [2.24, 2.45) is 5.10 Å². The molecule has 144 valence electrons. The molecule has 0 spiro atoms. The van der Waals surface area contributed by atoms with Crippen molar-refractivity contribution in [1.82, 2.24) is 5.43 Å². The van der Waals surface area contributed by atoms with Crippen LogP contribution in [0.25, 0.3) is 0 Å². The van der Waals surface area contributed by atoms with Gasteiger partial charge in [-0.15, -0.1) is 0 Å². The lowest BCUT2D eigenvalue weighted by atomic mass is 10.2. The van der Waals surface area contributed by atoms with Crippen LogP contribution in [0.4, 0.5) is 17.6 Å². The number of methoxy groups -OCH3 is 1. The van der Waals surface area contributed by atoms with Crippen molar-refractivity contribution >= 4 is 12.1 Å². The highest BCUT2D eigenvalue weighted by Gasteiger charge is 2.13.